The molecule has 2 heterocycles. The lowest BCUT2D eigenvalue weighted by Gasteiger charge is -2.36. The predicted molar refractivity (Wildman–Crippen MR) is 121 cm³/mol. The number of nitrogens with two attached hydrogens (primary N) is 1. The van der Waals surface area contributed by atoms with E-state index >= 15 is 0 Å². The summed E-state index contributed by atoms with van der Waals surface area (Å²) in [5.74, 6) is -0.901. The molecule has 9 nitrogen and oxygen atoms in total. The molecule has 0 bridgehead atoms. The molecule has 3 atom stereocenters. The Morgan fingerprint density at radius 1 is 1.25 bits per heavy atom. The maximum Gasteiger partial charge on any atom is 0.325 e. The molecule has 0 radical (unpaired) electrons. The summed E-state index contributed by atoms with van der Waals surface area (Å²) in [7, 11) is 1.32. The van der Waals surface area contributed by atoms with Gasteiger partial charge in [0.2, 0.25) is 5.91 Å². The number of likely N-dealkylation sites (tertiary alicyclic amines) is 1. The quantitative estimate of drug-likeness (QED) is 0.476. The minimum Gasteiger partial charge on any atom is -0.468 e. The minimum absolute atomic E-state index is 0.0415. The van der Waals surface area contributed by atoms with Crippen LogP contribution in [0.3, 0.4) is 0 Å². The number of ether oxygens (including phenoxy) is 1. The lowest BCUT2D eigenvalue weighted by atomic mass is 9.94. The third-order valence-corrected chi connectivity index (χ3v) is 6.96. The van der Waals surface area contributed by atoms with Crippen molar-refractivity contribution >= 4 is 40.3 Å². The summed E-state index contributed by atoms with van der Waals surface area (Å²) >= 11 is 1.11. The number of fused-ring (bicyclic) bond motifs is 1. The molecule has 32 heavy (non-hydrogen) atoms. The van der Waals surface area contributed by atoms with Crippen molar-refractivity contribution in [2.24, 2.45) is 5.92 Å². The van der Waals surface area contributed by atoms with Gasteiger partial charge in [-0.25, -0.2) is 5.01 Å². The van der Waals surface area contributed by atoms with E-state index in [4.69, 9.17) is 10.5 Å². The van der Waals surface area contributed by atoms with Crippen LogP contribution in [0.2, 0.25) is 0 Å². The van der Waals surface area contributed by atoms with Gasteiger partial charge in [-0.2, -0.15) is 0 Å². The first-order valence-electron chi connectivity index (χ1n) is 10.7. The fourth-order valence-electron chi connectivity index (χ4n) is 4.18. The molecule has 0 aliphatic carbocycles. The van der Waals surface area contributed by atoms with E-state index in [1.807, 2.05) is 12.1 Å². The van der Waals surface area contributed by atoms with Gasteiger partial charge in [0.25, 0.3) is 5.91 Å². The Hall–Kier alpha value is -2.59. The largest absolute Gasteiger partial charge is 0.468 e. The summed E-state index contributed by atoms with van der Waals surface area (Å²) in [5.41, 5.74) is 11.3. The van der Waals surface area contributed by atoms with Crippen molar-refractivity contribution in [3.8, 4) is 0 Å². The molecular formula is C22H30N4O5S. The van der Waals surface area contributed by atoms with Crippen molar-refractivity contribution in [1.29, 1.82) is 0 Å². The Morgan fingerprint density at radius 3 is 2.69 bits per heavy atom. The number of rotatable bonds is 6. The normalized spacial score (nSPS) is 21.5. The number of methoxy groups -OCH3 is 1. The molecule has 2 aliphatic heterocycles. The molecule has 3 N–H and O–H groups in total. The van der Waals surface area contributed by atoms with E-state index < -0.39 is 18.1 Å². The second-order valence-corrected chi connectivity index (χ2v) is 9.47. The Morgan fingerprint density at radius 2 is 2.00 bits per heavy atom. The zero-order valence-electron chi connectivity index (χ0n) is 18.6. The summed E-state index contributed by atoms with van der Waals surface area (Å²) in [4.78, 5) is 51.3. The lowest BCUT2D eigenvalue weighted by molar-refractivity contribution is -0.152. The molecule has 174 valence electrons. The van der Waals surface area contributed by atoms with Gasteiger partial charge in [-0.15, -0.1) is 0 Å². The second-order valence-electron chi connectivity index (χ2n) is 8.27. The highest BCUT2D eigenvalue weighted by Crippen LogP contribution is 2.26. The topological polar surface area (TPSA) is 122 Å². The number of anilines is 1. The number of amides is 2. The number of nitrogens with one attached hydrogen (secondary N) is 1. The van der Waals surface area contributed by atoms with Gasteiger partial charge in [-0.05, 0) is 36.1 Å². The molecule has 0 spiro atoms. The van der Waals surface area contributed by atoms with E-state index in [9.17, 15) is 19.2 Å². The molecule has 1 fully saturated rings. The molecule has 2 aliphatic rings. The van der Waals surface area contributed by atoms with Crippen molar-refractivity contribution < 1.29 is 23.9 Å². The average molecular weight is 463 g/mol. The summed E-state index contributed by atoms with van der Waals surface area (Å²) in [6, 6.07) is 4.22. The van der Waals surface area contributed by atoms with E-state index in [0.717, 1.165) is 29.3 Å². The van der Waals surface area contributed by atoms with Gasteiger partial charge in [0.05, 0.1) is 7.11 Å². The van der Waals surface area contributed by atoms with Gasteiger partial charge in [0.1, 0.15) is 12.1 Å². The van der Waals surface area contributed by atoms with Gasteiger partial charge >= 0.3 is 5.97 Å². The number of nitrogen functional groups attached to an aromatic ring is 1. The standard InChI is InChI=1S/C22H30N4O5S/c1-13(12-32-14(2)27)21(29)25-8-4-5-18(25)20(28)24-26-11-16-9-17(23)7-6-15(16)10-19(26)22(30)31-3/h6-7,9,13,18-19H,4-5,8,10-12,23H2,1-3H3,(H,24,28)/t13-,18+,19?/m1/s1. The first-order valence-corrected chi connectivity index (χ1v) is 11.7. The van der Waals surface area contributed by atoms with Crippen LogP contribution in [0.25, 0.3) is 0 Å². The zero-order chi connectivity index (χ0) is 23.4. The molecule has 1 saturated heterocycles. The van der Waals surface area contributed by atoms with Crippen LogP contribution in [-0.4, -0.2) is 64.3 Å². The number of hydrogen-bond donors (Lipinski definition) is 2. The fraction of sp³-hybridized carbons (Fsp3) is 0.545. The summed E-state index contributed by atoms with van der Waals surface area (Å²) in [6.07, 6.45) is 1.65. The van der Waals surface area contributed by atoms with Gasteiger partial charge in [0, 0.05) is 43.8 Å². The van der Waals surface area contributed by atoms with Gasteiger partial charge in [-0.3, -0.25) is 24.6 Å². The monoisotopic (exact) mass is 462 g/mol. The Bertz CT molecular complexity index is 908. The molecule has 1 aromatic carbocycles. The van der Waals surface area contributed by atoms with Crippen molar-refractivity contribution in [3.63, 3.8) is 0 Å². The van der Waals surface area contributed by atoms with Crippen molar-refractivity contribution in [1.82, 2.24) is 15.3 Å². The maximum absolute atomic E-state index is 13.2. The molecule has 0 saturated carbocycles. The second kappa shape index (κ2) is 10.4. The van der Waals surface area contributed by atoms with Crippen LogP contribution in [0.5, 0.6) is 0 Å². The molecule has 3 rings (SSSR count). The van der Waals surface area contributed by atoms with Crippen LogP contribution >= 0.6 is 11.8 Å². The number of nitrogens with zero attached hydrogens (tertiary/aromatic N) is 2. The number of hydrogen-bond acceptors (Lipinski definition) is 8. The molecule has 1 aromatic rings. The highest BCUT2D eigenvalue weighted by atomic mass is 32.2. The van der Waals surface area contributed by atoms with Gasteiger partial charge < -0.3 is 15.4 Å². The zero-order valence-corrected chi connectivity index (χ0v) is 19.4. The SMILES string of the molecule is COC(=O)C1Cc2ccc(N)cc2CN1NC(=O)[C@@H]1CCCN1C(=O)[C@H](C)CSC(C)=O. The van der Waals surface area contributed by atoms with Crippen molar-refractivity contribution in [3.05, 3.63) is 29.3 Å². The Labute approximate surface area is 192 Å². The van der Waals surface area contributed by atoms with Crippen molar-refractivity contribution in [2.75, 3.05) is 25.1 Å². The molecule has 10 heteroatoms. The highest BCUT2D eigenvalue weighted by Gasteiger charge is 2.39. The molecule has 2 amide bonds. The molecule has 1 unspecified atom stereocenters. The number of esters is 1. The molecule has 0 aromatic heterocycles. The van der Waals surface area contributed by atoms with Gasteiger partial charge in [-0.1, -0.05) is 24.8 Å². The van der Waals surface area contributed by atoms with Gasteiger partial charge in [0.15, 0.2) is 5.12 Å². The minimum atomic E-state index is -0.670. The number of benzene rings is 1. The maximum atomic E-state index is 13.2. The van der Waals surface area contributed by atoms with E-state index in [1.165, 1.54) is 14.0 Å². The van der Waals surface area contributed by atoms with Crippen LogP contribution in [0.4, 0.5) is 5.69 Å². The third-order valence-electron chi connectivity index (χ3n) is 5.88. The Kier molecular flexibility index (Phi) is 7.78. The van der Waals surface area contributed by atoms with Crippen LogP contribution in [0.15, 0.2) is 18.2 Å². The predicted octanol–water partition coefficient (Wildman–Crippen LogP) is 1.11. The van der Waals surface area contributed by atoms with E-state index in [1.54, 1.807) is 22.9 Å². The summed E-state index contributed by atoms with van der Waals surface area (Å²) in [5, 5.41) is 1.53. The first-order chi connectivity index (χ1) is 15.2. The van der Waals surface area contributed by atoms with E-state index in [0.29, 0.717) is 37.4 Å². The smallest absolute Gasteiger partial charge is 0.325 e. The highest BCUT2D eigenvalue weighted by molar-refractivity contribution is 8.13. The van der Waals surface area contributed by atoms with Crippen LogP contribution in [0.1, 0.15) is 37.8 Å². The third kappa shape index (κ3) is 5.42. The van der Waals surface area contributed by atoms with Crippen LogP contribution in [0, 0.1) is 5.92 Å². The number of carbonyl (C=O) groups excluding carboxylic acids is 4. The van der Waals surface area contributed by atoms with Crippen LogP contribution in [-0.2, 0) is 36.9 Å². The summed E-state index contributed by atoms with van der Waals surface area (Å²) < 4.78 is 4.95. The van der Waals surface area contributed by atoms with E-state index in [-0.39, 0.29) is 22.8 Å². The van der Waals surface area contributed by atoms with Crippen molar-refractivity contribution in [2.45, 2.75) is 51.7 Å². The fourth-order valence-corrected chi connectivity index (χ4v) is 4.81. The number of carbonyl (C=O) groups is 4. The summed E-state index contributed by atoms with van der Waals surface area (Å²) in [6.45, 7) is 4.03. The first kappa shape index (κ1) is 24.1. The average Bonchev–Trinajstić information content (AvgIpc) is 3.25. The lowest BCUT2D eigenvalue weighted by Crippen LogP contribution is -2.58. The number of thioether (sulfide) groups is 1. The van der Waals surface area contributed by atoms with Crippen LogP contribution < -0.4 is 11.2 Å². The van der Waals surface area contributed by atoms with E-state index in [2.05, 4.69) is 5.43 Å². The number of hydrazine groups is 1. The Balaban J connectivity index is 1.72. The molecular weight excluding hydrogens is 432 g/mol.